The maximum absolute atomic E-state index is 13.7. The van der Waals surface area contributed by atoms with E-state index >= 15 is 0 Å². The molecule has 1 aromatic heterocycles. The van der Waals surface area contributed by atoms with Gasteiger partial charge in [-0.15, -0.1) is 11.3 Å². The molecule has 5 heteroatoms. The fourth-order valence-corrected chi connectivity index (χ4v) is 5.36. The Bertz CT molecular complexity index is 977. The van der Waals surface area contributed by atoms with Gasteiger partial charge in [0.05, 0.1) is 6.04 Å². The summed E-state index contributed by atoms with van der Waals surface area (Å²) in [6, 6.07) is 10.7. The van der Waals surface area contributed by atoms with Gasteiger partial charge in [-0.05, 0) is 59.2 Å². The summed E-state index contributed by atoms with van der Waals surface area (Å²) in [4.78, 5) is 31.8. The molecule has 0 saturated heterocycles. The minimum absolute atomic E-state index is 0.0187. The van der Waals surface area contributed by atoms with Crippen LogP contribution in [-0.2, 0) is 21.4 Å². The number of rotatable bonds is 5. The van der Waals surface area contributed by atoms with Crippen molar-refractivity contribution in [3.63, 3.8) is 0 Å². The molecule has 1 unspecified atom stereocenters. The first-order chi connectivity index (χ1) is 15.3. The van der Waals surface area contributed by atoms with Gasteiger partial charge < -0.3 is 9.80 Å². The van der Waals surface area contributed by atoms with Gasteiger partial charge in [0.25, 0.3) is 0 Å². The predicted octanol–water partition coefficient (Wildman–Crippen LogP) is 6.19. The van der Waals surface area contributed by atoms with Gasteiger partial charge in [0, 0.05) is 23.9 Å². The van der Waals surface area contributed by atoms with E-state index in [0.717, 1.165) is 12.0 Å². The molecule has 2 aromatic rings. The Morgan fingerprint density at radius 2 is 1.70 bits per heavy atom. The van der Waals surface area contributed by atoms with Crippen molar-refractivity contribution in [2.24, 2.45) is 5.41 Å². The van der Waals surface area contributed by atoms with Gasteiger partial charge in [-0.2, -0.15) is 0 Å². The lowest BCUT2D eigenvalue weighted by Crippen LogP contribution is -2.49. The number of thiophene rings is 1. The average molecular weight is 469 g/mol. The Hall–Kier alpha value is -2.14. The Kier molecular flexibility index (Phi) is 7.42. The number of carbonyl (C=O) groups excluding carboxylic acids is 2. The van der Waals surface area contributed by atoms with Crippen LogP contribution in [0.1, 0.15) is 89.4 Å². The molecule has 1 aliphatic rings. The molecular weight excluding hydrogens is 428 g/mol. The quantitative estimate of drug-likeness (QED) is 0.525. The van der Waals surface area contributed by atoms with Crippen LogP contribution in [0.3, 0.4) is 0 Å². The minimum atomic E-state index is -0.110. The topological polar surface area (TPSA) is 40.6 Å². The van der Waals surface area contributed by atoms with Gasteiger partial charge in [0.1, 0.15) is 6.54 Å². The number of hydrogen-bond donors (Lipinski definition) is 0. The highest BCUT2D eigenvalue weighted by atomic mass is 32.1. The van der Waals surface area contributed by atoms with Gasteiger partial charge in [-0.25, -0.2) is 0 Å². The van der Waals surface area contributed by atoms with Crippen LogP contribution >= 0.6 is 11.3 Å². The average Bonchev–Trinajstić information content (AvgIpc) is 3.17. The van der Waals surface area contributed by atoms with Crippen molar-refractivity contribution in [2.75, 3.05) is 13.1 Å². The summed E-state index contributed by atoms with van der Waals surface area (Å²) in [5, 5.41) is 2.13. The highest BCUT2D eigenvalue weighted by Gasteiger charge is 2.35. The molecule has 0 radical (unpaired) electrons. The van der Waals surface area contributed by atoms with Gasteiger partial charge in [-0.1, -0.05) is 65.8 Å². The zero-order chi connectivity index (χ0) is 24.6. The van der Waals surface area contributed by atoms with E-state index in [1.807, 2.05) is 18.7 Å². The summed E-state index contributed by atoms with van der Waals surface area (Å²) in [5.74, 6) is 0.0675. The van der Waals surface area contributed by atoms with Crippen LogP contribution in [0.4, 0.5) is 0 Å². The summed E-state index contributed by atoms with van der Waals surface area (Å²) >= 11 is 1.77. The molecule has 0 aliphatic carbocycles. The van der Waals surface area contributed by atoms with Crippen LogP contribution in [0.25, 0.3) is 0 Å². The Balaban J connectivity index is 1.90. The molecule has 4 nitrogen and oxygen atoms in total. The molecule has 33 heavy (non-hydrogen) atoms. The van der Waals surface area contributed by atoms with Gasteiger partial charge in [-0.3, -0.25) is 9.59 Å². The van der Waals surface area contributed by atoms with Crippen molar-refractivity contribution in [3.8, 4) is 0 Å². The van der Waals surface area contributed by atoms with E-state index in [-0.39, 0.29) is 41.3 Å². The predicted molar refractivity (Wildman–Crippen MR) is 138 cm³/mol. The maximum Gasteiger partial charge on any atom is 0.243 e. The van der Waals surface area contributed by atoms with Crippen molar-refractivity contribution in [3.05, 3.63) is 57.3 Å². The second-order valence-electron chi connectivity index (χ2n) is 11.8. The molecule has 1 aliphatic heterocycles. The van der Waals surface area contributed by atoms with E-state index in [1.165, 1.54) is 16.0 Å². The molecular formula is C28H40N2O2S. The third-order valence-corrected chi connectivity index (χ3v) is 7.31. The molecule has 2 amide bonds. The van der Waals surface area contributed by atoms with Crippen LogP contribution in [0.2, 0.25) is 0 Å². The first-order valence-corrected chi connectivity index (χ1v) is 12.9. The smallest absolute Gasteiger partial charge is 0.243 e. The largest absolute Gasteiger partial charge is 0.331 e. The normalized spacial score (nSPS) is 16.6. The van der Waals surface area contributed by atoms with Gasteiger partial charge in [0.2, 0.25) is 11.8 Å². The van der Waals surface area contributed by atoms with Crippen molar-refractivity contribution in [1.82, 2.24) is 9.80 Å². The Morgan fingerprint density at radius 1 is 1.06 bits per heavy atom. The van der Waals surface area contributed by atoms with Crippen LogP contribution in [0, 0.1) is 5.41 Å². The summed E-state index contributed by atoms with van der Waals surface area (Å²) in [7, 11) is 0. The zero-order valence-corrected chi connectivity index (χ0v) is 22.4. The molecule has 0 saturated carbocycles. The number of carbonyl (C=O) groups is 2. The van der Waals surface area contributed by atoms with Crippen molar-refractivity contribution < 1.29 is 9.59 Å². The fraction of sp³-hybridized carbons (Fsp3) is 0.571. The van der Waals surface area contributed by atoms with Crippen LogP contribution < -0.4 is 0 Å². The van der Waals surface area contributed by atoms with E-state index < -0.39 is 0 Å². The van der Waals surface area contributed by atoms with Crippen molar-refractivity contribution in [1.29, 1.82) is 0 Å². The third kappa shape index (κ3) is 6.06. The Labute approximate surface area is 204 Å². The van der Waals surface area contributed by atoms with Crippen molar-refractivity contribution in [2.45, 2.75) is 85.7 Å². The molecule has 180 valence electrons. The summed E-state index contributed by atoms with van der Waals surface area (Å²) in [6.45, 7) is 17.6. The second-order valence-corrected chi connectivity index (χ2v) is 12.8. The minimum Gasteiger partial charge on any atom is -0.331 e. The number of nitrogens with zero attached hydrogens (tertiary/aromatic N) is 2. The second kappa shape index (κ2) is 9.61. The van der Waals surface area contributed by atoms with E-state index in [4.69, 9.17) is 0 Å². The lowest BCUT2D eigenvalue weighted by atomic mass is 9.85. The number of benzene rings is 1. The number of hydrogen-bond acceptors (Lipinski definition) is 3. The standard InChI is InChI=1S/C28H40N2O2S/c1-19(2)30(24(31)17-27(3,4)5)18-25(32)29-15-13-23-22(14-16-33-23)26(29)20-9-11-21(12-10-20)28(6,7)8/h9-12,14,16,19,26H,13,15,17-18H2,1-8H3. The molecule has 0 spiro atoms. The fourth-order valence-electron chi connectivity index (χ4n) is 4.46. The lowest BCUT2D eigenvalue weighted by Gasteiger charge is -2.38. The van der Waals surface area contributed by atoms with E-state index in [9.17, 15) is 9.59 Å². The zero-order valence-electron chi connectivity index (χ0n) is 21.6. The first-order valence-electron chi connectivity index (χ1n) is 12.0. The first kappa shape index (κ1) is 25.5. The molecule has 0 N–H and O–H groups in total. The highest BCUT2D eigenvalue weighted by molar-refractivity contribution is 7.10. The third-order valence-electron chi connectivity index (χ3n) is 6.31. The van der Waals surface area contributed by atoms with Crippen LogP contribution in [-0.4, -0.2) is 40.7 Å². The van der Waals surface area contributed by atoms with Gasteiger partial charge in [0.15, 0.2) is 0 Å². The molecule has 0 bridgehead atoms. The highest BCUT2D eigenvalue weighted by Crippen LogP contribution is 2.38. The molecule has 1 atom stereocenters. The van der Waals surface area contributed by atoms with Crippen LogP contribution in [0.15, 0.2) is 35.7 Å². The maximum atomic E-state index is 13.7. The van der Waals surface area contributed by atoms with E-state index in [1.54, 1.807) is 16.2 Å². The molecule has 1 aromatic carbocycles. The Morgan fingerprint density at radius 3 is 2.24 bits per heavy atom. The molecule has 0 fully saturated rings. The van der Waals surface area contributed by atoms with Crippen LogP contribution in [0.5, 0.6) is 0 Å². The summed E-state index contributed by atoms with van der Waals surface area (Å²) in [6.07, 6.45) is 1.30. The molecule has 3 rings (SSSR count). The SMILES string of the molecule is CC(C)N(CC(=O)N1CCc2sccc2C1c1ccc(C(C)(C)C)cc1)C(=O)CC(C)(C)C. The summed E-state index contributed by atoms with van der Waals surface area (Å²) in [5.41, 5.74) is 3.61. The van der Waals surface area contributed by atoms with E-state index in [0.29, 0.717) is 13.0 Å². The van der Waals surface area contributed by atoms with Crippen molar-refractivity contribution >= 4 is 23.2 Å². The van der Waals surface area contributed by atoms with Gasteiger partial charge >= 0.3 is 0 Å². The summed E-state index contributed by atoms with van der Waals surface area (Å²) < 4.78 is 0. The monoisotopic (exact) mass is 468 g/mol. The lowest BCUT2D eigenvalue weighted by molar-refractivity contribution is -0.144. The number of fused-ring (bicyclic) bond motifs is 1. The number of amides is 2. The molecule has 2 heterocycles. The van der Waals surface area contributed by atoms with E-state index in [2.05, 4.69) is 77.3 Å².